The maximum absolute atomic E-state index is 13.9. The summed E-state index contributed by atoms with van der Waals surface area (Å²) >= 11 is 0. The summed E-state index contributed by atoms with van der Waals surface area (Å²) in [6.45, 7) is 9.97. The zero-order valence-corrected chi connectivity index (χ0v) is 31.1. The minimum absolute atomic E-state index is 0.211. The number of carbonyl (C=O) groups is 3. The lowest BCUT2D eigenvalue weighted by Crippen LogP contribution is -2.59. The van der Waals surface area contributed by atoms with E-state index in [4.69, 9.17) is 4.74 Å². The summed E-state index contributed by atoms with van der Waals surface area (Å²) in [7, 11) is 1.52. The Morgan fingerprint density at radius 3 is 2.31 bits per heavy atom. The van der Waals surface area contributed by atoms with Crippen molar-refractivity contribution in [2.45, 2.75) is 63.6 Å². The molecule has 0 aliphatic carbocycles. The first-order chi connectivity index (χ1) is 24.1. The van der Waals surface area contributed by atoms with Crippen LogP contribution in [-0.4, -0.2) is 122 Å². The van der Waals surface area contributed by atoms with Crippen LogP contribution in [0.4, 0.5) is 17.2 Å². The Balaban J connectivity index is 1.36. The van der Waals surface area contributed by atoms with Gasteiger partial charge >= 0.3 is 0 Å². The van der Waals surface area contributed by atoms with Crippen LogP contribution in [0.2, 0.25) is 0 Å². The molecule has 3 amide bonds. The molecule has 3 aromatic rings. The predicted molar refractivity (Wildman–Crippen MR) is 195 cm³/mol. The fraction of sp³-hybridized carbons (Fsp3) is 0.514. The monoisotopic (exact) mass is 723 g/mol. The van der Waals surface area contributed by atoms with Gasteiger partial charge in [0, 0.05) is 49.9 Å². The van der Waals surface area contributed by atoms with Crippen molar-refractivity contribution in [1.82, 2.24) is 34.7 Å². The Hall–Kier alpha value is -4.38. The number of piperazine rings is 1. The van der Waals surface area contributed by atoms with Crippen molar-refractivity contribution in [2.24, 2.45) is 5.41 Å². The summed E-state index contributed by atoms with van der Waals surface area (Å²) in [4.78, 5) is 53.2. The van der Waals surface area contributed by atoms with Crippen LogP contribution in [0.1, 0.15) is 40.5 Å². The summed E-state index contributed by atoms with van der Waals surface area (Å²) in [5.41, 5.74) is 0.921. The van der Waals surface area contributed by atoms with Crippen LogP contribution in [0.25, 0.3) is 10.9 Å². The number of nitrogens with one attached hydrogen (secondary N) is 4. The van der Waals surface area contributed by atoms with Gasteiger partial charge in [0.2, 0.25) is 27.7 Å². The predicted octanol–water partition coefficient (Wildman–Crippen LogP) is 2.39. The minimum atomic E-state index is -3.62. The molecule has 3 heterocycles. The van der Waals surface area contributed by atoms with Crippen molar-refractivity contribution in [3.8, 4) is 5.75 Å². The van der Waals surface area contributed by atoms with E-state index in [0.29, 0.717) is 79.4 Å². The first kappa shape index (κ1) is 37.9. The van der Waals surface area contributed by atoms with E-state index in [9.17, 15) is 22.8 Å². The number of nitrogens with zero attached hydrogens (tertiary/aromatic N) is 5. The minimum Gasteiger partial charge on any atom is -0.494 e. The van der Waals surface area contributed by atoms with Crippen LogP contribution >= 0.6 is 0 Å². The highest BCUT2D eigenvalue weighted by molar-refractivity contribution is 7.89. The molecular formula is C35H49N9O6S. The molecule has 16 heteroatoms. The highest BCUT2D eigenvalue weighted by Crippen LogP contribution is 2.34. The molecule has 5 rings (SSSR count). The number of carbonyl (C=O) groups excluding carboxylic acids is 3. The normalized spacial score (nSPS) is 18.6. The molecule has 0 bridgehead atoms. The largest absolute Gasteiger partial charge is 0.494 e. The summed E-state index contributed by atoms with van der Waals surface area (Å²) < 4.78 is 33.5. The molecule has 0 radical (unpaired) electrons. The number of likely N-dealkylation sites (tertiary alicyclic amines) is 1. The molecule has 2 fully saturated rings. The van der Waals surface area contributed by atoms with Gasteiger partial charge in [-0.1, -0.05) is 20.8 Å². The number of aromatic nitrogens is 2. The summed E-state index contributed by atoms with van der Waals surface area (Å²) in [5, 5.41) is 12.6. The van der Waals surface area contributed by atoms with Crippen molar-refractivity contribution in [3.05, 3.63) is 42.7 Å². The van der Waals surface area contributed by atoms with E-state index in [-0.39, 0.29) is 22.6 Å². The Morgan fingerprint density at radius 1 is 1.00 bits per heavy atom. The van der Waals surface area contributed by atoms with Crippen LogP contribution < -0.4 is 26.0 Å². The second kappa shape index (κ2) is 15.5. The van der Waals surface area contributed by atoms with E-state index in [1.54, 1.807) is 55.3 Å². The third-order valence-electron chi connectivity index (χ3n) is 9.50. The Labute approximate surface area is 299 Å². The Kier molecular flexibility index (Phi) is 11.5. The van der Waals surface area contributed by atoms with Gasteiger partial charge in [-0.05, 0) is 69.6 Å². The van der Waals surface area contributed by atoms with Gasteiger partial charge in [0.1, 0.15) is 30.0 Å². The molecule has 276 valence electrons. The molecule has 4 N–H and O–H groups in total. The molecule has 51 heavy (non-hydrogen) atoms. The molecule has 2 saturated heterocycles. The van der Waals surface area contributed by atoms with Crippen molar-refractivity contribution in [3.63, 3.8) is 0 Å². The first-order valence-corrected chi connectivity index (χ1v) is 18.6. The number of likely N-dealkylation sites (N-methyl/N-ethyl adjacent to an activating group) is 2. The number of rotatable bonds is 11. The molecule has 0 unspecified atom stereocenters. The molecule has 0 saturated carbocycles. The number of methoxy groups -OCH3 is 1. The van der Waals surface area contributed by atoms with Crippen LogP contribution in [0.5, 0.6) is 5.75 Å². The number of hydrogen-bond acceptors (Lipinski definition) is 11. The highest BCUT2D eigenvalue weighted by Gasteiger charge is 2.42. The topological polar surface area (TPSA) is 178 Å². The summed E-state index contributed by atoms with van der Waals surface area (Å²) in [6.07, 6.45) is 2.49. The number of amides is 3. The lowest BCUT2D eigenvalue weighted by molar-refractivity contribution is -0.143. The molecule has 2 aromatic carbocycles. The van der Waals surface area contributed by atoms with E-state index in [1.807, 2.05) is 27.8 Å². The number of ether oxygens (including phenoxy) is 1. The second-order valence-electron chi connectivity index (χ2n) is 14.1. The highest BCUT2D eigenvalue weighted by atomic mass is 32.2. The molecule has 15 nitrogen and oxygen atoms in total. The van der Waals surface area contributed by atoms with E-state index < -0.39 is 33.6 Å². The summed E-state index contributed by atoms with van der Waals surface area (Å²) in [5.74, 6) is -0.194. The van der Waals surface area contributed by atoms with Crippen molar-refractivity contribution in [1.29, 1.82) is 0 Å². The smallest absolute Gasteiger partial charge is 0.247 e. The van der Waals surface area contributed by atoms with Crippen LogP contribution in [0.3, 0.4) is 0 Å². The third kappa shape index (κ3) is 8.41. The molecular weight excluding hydrogens is 675 g/mol. The van der Waals surface area contributed by atoms with E-state index in [1.165, 1.54) is 17.7 Å². The SMILES string of the molecule is CN[C@@H](C)C(=O)N[C@H](C(=O)N1CCC[C@H]1C(=O)Nc1cc2c(Nc3ccc(S(=O)(=O)N4CCN(C)CC4)cc3)ncnc2cc1OC)C(C)(C)C. The van der Waals surface area contributed by atoms with E-state index in [2.05, 4.69) is 36.1 Å². The van der Waals surface area contributed by atoms with Gasteiger partial charge in [0.05, 0.1) is 29.3 Å². The van der Waals surface area contributed by atoms with Crippen LogP contribution in [-0.2, 0) is 24.4 Å². The van der Waals surface area contributed by atoms with E-state index >= 15 is 0 Å². The fourth-order valence-corrected chi connectivity index (χ4v) is 7.63. The van der Waals surface area contributed by atoms with Gasteiger partial charge in [0.25, 0.3) is 0 Å². The van der Waals surface area contributed by atoms with E-state index in [0.717, 1.165) is 0 Å². The lowest BCUT2D eigenvalue weighted by Gasteiger charge is -2.36. The van der Waals surface area contributed by atoms with Gasteiger partial charge in [-0.25, -0.2) is 18.4 Å². The van der Waals surface area contributed by atoms with Crippen molar-refractivity contribution < 1.29 is 27.5 Å². The maximum Gasteiger partial charge on any atom is 0.247 e. The first-order valence-electron chi connectivity index (χ1n) is 17.1. The number of hydrogen-bond donors (Lipinski definition) is 4. The van der Waals surface area contributed by atoms with Gasteiger partial charge in [-0.15, -0.1) is 0 Å². The average molecular weight is 724 g/mol. The third-order valence-corrected chi connectivity index (χ3v) is 11.4. The second-order valence-corrected chi connectivity index (χ2v) is 16.1. The summed E-state index contributed by atoms with van der Waals surface area (Å²) in [6, 6.07) is 7.81. The van der Waals surface area contributed by atoms with Gasteiger partial charge in [0.15, 0.2) is 0 Å². The molecule has 2 aliphatic rings. The number of sulfonamides is 1. The van der Waals surface area contributed by atoms with Gasteiger partial charge in [-0.3, -0.25) is 14.4 Å². The number of anilines is 3. The van der Waals surface area contributed by atoms with Gasteiger partial charge < -0.3 is 35.8 Å². The fourth-order valence-electron chi connectivity index (χ4n) is 6.21. The Bertz CT molecular complexity index is 1860. The van der Waals surface area contributed by atoms with Gasteiger partial charge in [-0.2, -0.15) is 4.31 Å². The standard InChI is InChI=1S/C35H49N9O6S/c1-22(36-5)32(45)41-30(35(2,3)4)34(47)44-14-8-9-28(44)33(46)40-27-19-25-26(20-29(27)50-7)37-21-38-31(25)39-23-10-12-24(13-11-23)51(48,49)43-17-15-42(6)16-18-43/h10-13,19-22,28,30,36H,8-9,14-18H2,1-7H3,(H,40,46)(H,41,45)(H,37,38,39)/t22-,28-,30+/m0/s1. The van der Waals surface area contributed by atoms with Crippen LogP contribution in [0, 0.1) is 5.41 Å². The van der Waals surface area contributed by atoms with Crippen molar-refractivity contribution >= 4 is 55.8 Å². The zero-order chi connectivity index (χ0) is 37.1. The zero-order valence-electron chi connectivity index (χ0n) is 30.3. The number of benzene rings is 2. The maximum atomic E-state index is 13.9. The molecule has 0 spiro atoms. The molecule has 2 aliphatic heterocycles. The molecule has 1 aromatic heterocycles. The van der Waals surface area contributed by atoms with Crippen LogP contribution in [0.15, 0.2) is 47.6 Å². The lowest BCUT2D eigenvalue weighted by atomic mass is 9.85. The van der Waals surface area contributed by atoms with Crippen molar-refractivity contribution in [2.75, 3.05) is 64.6 Å². The quantitative estimate of drug-likeness (QED) is 0.228. The average Bonchev–Trinajstić information content (AvgIpc) is 3.60. The number of fused-ring (bicyclic) bond motifs is 1. The Morgan fingerprint density at radius 2 is 1.69 bits per heavy atom. The molecule has 3 atom stereocenters.